The van der Waals surface area contributed by atoms with Crippen LogP contribution in [0.1, 0.15) is 50.2 Å². The van der Waals surface area contributed by atoms with Crippen molar-refractivity contribution in [3.63, 3.8) is 0 Å². The highest BCUT2D eigenvalue weighted by molar-refractivity contribution is 7.09. The van der Waals surface area contributed by atoms with Crippen molar-refractivity contribution in [2.24, 2.45) is 0 Å². The first-order valence-electron chi connectivity index (χ1n) is 6.97. The molecule has 1 aromatic rings. The van der Waals surface area contributed by atoms with Gasteiger partial charge in [-0.15, -0.1) is 11.3 Å². The van der Waals surface area contributed by atoms with E-state index in [1.165, 1.54) is 18.5 Å². The number of ether oxygens (including phenoxy) is 1. The van der Waals surface area contributed by atoms with Gasteiger partial charge in [-0.05, 0) is 25.7 Å². The van der Waals surface area contributed by atoms with Crippen LogP contribution < -0.4 is 5.32 Å². The average molecular weight is 268 g/mol. The molecule has 1 fully saturated rings. The lowest BCUT2D eigenvalue weighted by Gasteiger charge is -2.27. The Kier molecular flexibility index (Phi) is 4.76. The van der Waals surface area contributed by atoms with Crippen LogP contribution in [0.15, 0.2) is 5.38 Å². The number of nitrogens with one attached hydrogen (secondary N) is 1. The Morgan fingerprint density at radius 2 is 2.17 bits per heavy atom. The van der Waals surface area contributed by atoms with E-state index in [4.69, 9.17) is 9.72 Å². The molecule has 1 N–H and O–H groups in total. The minimum Gasteiger partial charge on any atom is -0.371 e. The van der Waals surface area contributed by atoms with Crippen LogP contribution in [0.4, 0.5) is 0 Å². The second-order valence-corrected chi connectivity index (χ2v) is 5.89. The van der Waals surface area contributed by atoms with E-state index in [2.05, 4.69) is 24.5 Å². The number of thiazole rings is 1. The van der Waals surface area contributed by atoms with Gasteiger partial charge in [0.15, 0.2) is 0 Å². The zero-order chi connectivity index (χ0) is 13.0. The number of hydrogen-bond acceptors (Lipinski definition) is 4. The van der Waals surface area contributed by atoms with Crippen molar-refractivity contribution in [1.29, 1.82) is 0 Å². The Hall–Kier alpha value is -0.450. The van der Waals surface area contributed by atoms with Crippen molar-refractivity contribution in [3.8, 4) is 0 Å². The molecule has 1 aliphatic rings. The molecule has 0 radical (unpaired) electrons. The second-order valence-electron chi connectivity index (χ2n) is 5.03. The van der Waals surface area contributed by atoms with Crippen molar-refractivity contribution in [2.45, 2.75) is 57.6 Å². The average Bonchev–Trinajstić information content (AvgIpc) is 3.10. The monoisotopic (exact) mass is 268 g/mol. The first-order valence-corrected chi connectivity index (χ1v) is 7.85. The molecule has 2 rings (SSSR count). The molecule has 0 saturated heterocycles. The molecule has 1 aliphatic carbocycles. The maximum Gasteiger partial charge on any atom is 0.125 e. The van der Waals surface area contributed by atoms with Gasteiger partial charge in [-0.2, -0.15) is 0 Å². The number of rotatable bonds is 8. The molecule has 102 valence electrons. The van der Waals surface area contributed by atoms with E-state index in [1.807, 2.05) is 0 Å². The van der Waals surface area contributed by atoms with E-state index in [9.17, 15) is 0 Å². The quantitative estimate of drug-likeness (QED) is 0.786. The van der Waals surface area contributed by atoms with Crippen molar-refractivity contribution >= 4 is 11.3 Å². The van der Waals surface area contributed by atoms with Crippen LogP contribution in [0.5, 0.6) is 0 Å². The lowest BCUT2D eigenvalue weighted by Crippen LogP contribution is -2.26. The van der Waals surface area contributed by atoms with E-state index in [0.717, 1.165) is 36.9 Å². The van der Waals surface area contributed by atoms with Gasteiger partial charge in [0.1, 0.15) is 10.6 Å². The van der Waals surface area contributed by atoms with E-state index in [-0.39, 0.29) is 5.60 Å². The summed E-state index contributed by atoms with van der Waals surface area (Å²) < 4.78 is 5.72. The summed E-state index contributed by atoms with van der Waals surface area (Å²) in [6.07, 6.45) is 5.68. The van der Waals surface area contributed by atoms with Gasteiger partial charge in [0.25, 0.3) is 0 Å². The van der Waals surface area contributed by atoms with Crippen molar-refractivity contribution < 1.29 is 4.74 Å². The summed E-state index contributed by atoms with van der Waals surface area (Å²) in [5.41, 5.74) is 1.03. The van der Waals surface area contributed by atoms with Crippen molar-refractivity contribution in [3.05, 3.63) is 16.1 Å². The first-order chi connectivity index (χ1) is 8.74. The summed E-state index contributed by atoms with van der Waals surface area (Å²) in [5.74, 6) is 0. The van der Waals surface area contributed by atoms with Crippen LogP contribution >= 0.6 is 11.3 Å². The molecule has 0 bridgehead atoms. The lowest BCUT2D eigenvalue weighted by atomic mass is 9.98. The Balaban J connectivity index is 1.94. The molecule has 1 saturated carbocycles. The predicted octanol–water partition coefficient (Wildman–Crippen LogP) is 3.10. The third-order valence-corrected chi connectivity index (χ3v) is 4.94. The van der Waals surface area contributed by atoms with Gasteiger partial charge in [-0.1, -0.05) is 13.8 Å². The number of hydrogen-bond donors (Lipinski definition) is 1. The maximum atomic E-state index is 5.72. The van der Waals surface area contributed by atoms with Gasteiger partial charge in [-0.25, -0.2) is 4.98 Å². The minimum absolute atomic E-state index is 0.174. The SMILES string of the molecule is CCC(CC)(OC)c1nc(CCNC2CC2)cs1. The molecule has 0 spiro atoms. The molecule has 18 heavy (non-hydrogen) atoms. The first kappa shape index (κ1) is 14.0. The Labute approximate surface area is 114 Å². The molecule has 1 heterocycles. The predicted molar refractivity (Wildman–Crippen MR) is 76.1 cm³/mol. The lowest BCUT2D eigenvalue weighted by molar-refractivity contribution is -0.0219. The zero-order valence-corrected chi connectivity index (χ0v) is 12.5. The summed E-state index contributed by atoms with van der Waals surface area (Å²) in [7, 11) is 1.79. The molecule has 3 nitrogen and oxygen atoms in total. The normalized spacial score (nSPS) is 16.2. The van der Waals surface area contributed by atoms with Crippen LogP contribution in [-0.4, -0.2) is 24.7 Å². The third-order valence-electron chi connectivity index (χ3n) is 3.87. The number of nitrogens with zero attached hydrogens (tertiary/aromatic N) is 1. The van der Waals surface area contributed by atoms with Crippen LogP contribution in [0.3, 0.4) is 0 Å². The van der Waals surface area contributed by atoms with E-state index >= 15 is 0 Å². The zero-order valence-electron chi connectivity index (χ0n) is 11.7. The summed E-state index contributed by atoms with van der Waals surface area (Å²) >= 11 is 1.74. The third kappa shape index (κ3) is 3.11. The van der Waals surface area contributed by atoms with E-state index in [0.29, 0.717) is 0 Å². The fourth-order valence-corrected chi connectivity index (χ4v) is 3.43. The van der Waals surface area contributed by atoms with E-state index < -0.39 is 0 Å². The van der Waals surface area contributed by atoms with Crippen LogP contribution in [0, 0.1) is 0 Å². The maximum absolute atomic E-state index is 5.72. The molecule has 0 atom stereocenters. The number of aromatic nitrogens is 1. The molecular weight excluding hydrogens is 244 g/mol. The molecule has 4 heteroatoms. The summed E-state index contributed by atoms with van der Waals surface area (Å²) in [5, 5.41) is 6.85. The van der Waals surface area contributed by atoms with Crippen molar-refractivity contribution in [2.75, 3.05) is 13.7 Å². The Bertz CT molecular complexity index is 361. The molecule has 0 aliphatic heterocycles. The minimum atomic E-state index is -0.174. The van der Waals surface area contributed by atoms with Crippen LogP contribution in [-0.2, 0) is 16.8 Å². The molecule has 1 aromatic heterocycles. The highest BCUT2D eigenvalue weighted by Gasteiger charge is 2.31. The topological polar surface area (TPSA) is 34.1 Å². The Morgan fingerprint density at radius 1 is 1.44 bits per heavy atom. The van der Waals surface area contributed by atoms with E-state index in [1.54, 1.807) is 18.4 Å². The fraction of sp³-hybridized carbons (Fsp3) is 0.786. The summed E-state index contributed by atoms with van der Waals surface area (Å²) in [4.78, 5) is 4.77. The van der Waals surface area contributed by atoms with Gasteiger partial charge >= 0.3 is 0 Å². The van der Waals surface area contributed by atoms with Gasteiger partial charge in [0.05, 0.1) is 5.69 Å². The largest absolute Gasteiger partial charge is 0.371 e. The van der Waals surface area contributed by atoms with Crippen molar-refractivity contribution in [1.82, 2.24) is 10.3 Å². The van der Waals surface area contributed by atoms with Gasteiger partial charge in [0.2, 0.25) is 0 Å². The second kappa shape index (κ2) is 6.13. The highest BCUT2D eigenvalue weighted by atomic mass is 32.1. The summed E-state index contributed by atoms with van der Waals surface area (Å²) in [6, 6.07) is 0.785. The summed E-state index contributed by atoms with van der Waals surface area (Å²) in [6.45, 7) is 5.39. The van der Waals surface area contributed by atoms with Crippen LogP contribution in [0.2, 0.25) is 0 Å². The molecule has 0 aromatic carbocycles. The Morgan fingerprint density at radius 3 is 2.72 bits per heavy atom. The number of methoxy groups -OCH3 is 1. The standard InChI is InChI=1S/C14H24N2OS/c1-4-14(5-2,17-3)13-16-12(10-18-13)8-9-15-11-6-7-11/h10-11,15H,4-9H2,1-3H3. The molecular formula is C14H24N2OS. The smallest absolute Gasteiger partial charge is 0.125 e. The molecule has 0 amide bonds. The fourth-order valence-electron chi connectivity index (χ4n) is 2.25. The van der Waals surface area contributed by atoms with Crippen LogP contribution in [0.25, 0.3) is 0 Å². The molecule has 0 unspecified atom stereocenters. The van der Waals surface area contributed by atoms with Gasteiger partial charge in [0, 0.05) is 31.5 Å². The van der Waals surface area contributed by atoms with Gasteiger partial charge < -0.3 is 10.1 Å². The van der Waals surface area contributed by atoms with Gasteiger partial charge in [-0.3, -0.25) is 0 Å². The highest BCUT2D eigenvalue weighted by Crippen LogP contribution is 2.34.